The Labute approximate surface area is 180 Å². The van der Waals surface area contributed by atoms with Crippen LogP contribution in [-0.4, -0.2) is 58.6 Å². The SMILES string of the molecule is CC(C)n1nc(-c2cnc(N)c(OC(F)F)c2)cc1[C@H]1[C@@H]2C[C@@H](N3CCOCC3)C[C@@H]21. The quantitative estimate of drug-likeness (QED) is 0.751. The topological polar surface area (TPSA) is 78.4 Å². The van der Waals surface area contributed by atoms with Crippen molar-refractivity contribution in [2.45, 2.75) is 51.3 Å². The fourth-order valence-corrected chi connectivity index (χ4v) is 5.49. The second-order valence-electron chi connectivity index (χ2n) is 9.11. The molecule has 5 rings (SSSR count). The molecule has 31 heavy (non-hydrogen) atoms. The second-order valence-corrected chi connectivity index (χ2v) is 9.11. The number of halogens is 2. The number of alkyl halides is 2. The zero-order valence-electron chi connectivity index (χ0n) is 17.9. The summed E-state index contributed by atoms with van der Waals surface area (Å²) in [4.78, 5) is 6.61. The molecule has 0 radical (unpaired) electrons. The summed E-state index contributed by atoms with van der Waals surface area (Å²) in [6.45, 7) is 5.03. The first-order chi connectivity index (χ1) is 14.9. The van der Waals surface area contributed by atoms with E-state index in [0.717, 1.165) is 26.3 Å². The lowest BCUT2D eigenvalue weighted by Crippen LogP contribution is -2.43. The molecule has 0 unspecified atom stereocenters. The standard InChI is InChI=1S/C22H29F2N5O2/c1-12(2)29-18(20-15-8-14(9-16(15)20)28-3-5-30-6-4-28)10-17(27-29)13-7-19(31-22(23)24)21(25)26-11-13/h7,10-12,14-16,20,22H,3-6,8-9H2,1-2H3,(H2,25,26)/t14-,15-,16+,20+. The van der Waals surface area contributed by atoms with Crippen LogP contribution in [0.25, 0.3) is 11.3 Å². The molecule has 0 aromatic carbocycles. The van der Waals surface area contributed by atoms with Crippen LogP contribution in [0.2, 0.25) is 0 Å². The summed E-state index contributed by atoms with van der Waals surface area (Å²) in [6.07, 6.45) is 4.01. The first-order valence-electron chi connectivity index (χ1n) is 11.0. The highest BCUT2D eigenvalue weighted by Crippen LogP contribution is 2.64. The molecule has 2 aromatic heterocycles. The normalized spacial score (nSPS) is 28.3. The van der Waals surface area contributed by atoms with Crippen molar-refractivity contribution >= 4 is 5.82 Å². The van der Waals surface area contributed by atoms with E-state index >= 15 is 0 Å². The number of nitrogens with two attached hydrogens (primary N) is 1. The van der Waals surface area contributed by atoms with Gasteiger partial charge >= 0.3 is 6.61 Å². The lowest BCUT2D eigenvalue weighted by Gasteiger charge is -2.33. The smallest absolute Gasteiger partial charge is 0.387 e. The number of pyridine rings is 1. The Bertz CT molecular complexity index is 932. The third-order valence-electron chi connectivity index (χ3n) is 6.97. The van der Waals surface area contributed by atoms with Gasteiger partial charge < -0.3 is 15.2 Å². The van der Waals surface area contributed by atoms with Gasteiger partial charge in [0.25, 0.3) is 0 Å². The molecule has 7 nitrogen and oxygen atoms in total. The van der Waals surface area contributed by atoms with Gasteiger partial charge in [-0.15, -0.1) is 0 Å². The minimum absolute atomic E-state index is 0.0570. The molecule has 2 aliphatic carbocycles. The van der Waals surface area contributed by atoms with Crippen LogP contribution in [-0.2, 0) is 4.74 Å². The molecule has 9 heteroatoms. The highest BCUT2D eigenvalue weighted by atomic mass is 19.3. The Morgan fingerprint density at radius 3 is 2.52 bits per heavy atom. The Morgan fingerprint density at radius 1 is 1.16 bits per heavy atom. The average molecular weight is 434 g/mol. The van der Waals surface area contributed by atoms with Crippen molar-refractivity contribution < 1.29 is 18.3 Å². The number of morpholine rings is 1. The lowest BCUT2D eigenvalue weighted by atomic mass is 10.0. The summed E-state index contributed by atoms with van der Waals surface area (Å²) in [7, 11) is 0. The Balaban J connectivity index is 1.36. The van der Waals surface area contributed by atoms with Crippen LogP contribution in [0.15, 0.2) is 18.3 Å². The van der Waals surface area contributed by atoms with Crippen LogP contribution >= 0.6 is 0 Å². The molecule has 3 aliphatic rings. The zero-order valence-corrected chi connectivity index (χ0v) is 17.9. The van der Waals surface area contributed by atoms with Crippen LogP contribution < -0.4 is 10.5 Å². The van der Waals surface area contributed by atoms with Crippen molar-refractivity contribution in [3.05, 3.63) is 24.0 Å². The van der Waals surface area contributed by atoms with Crippen molar-refractivity contribution in [2.75, 3.05) is 32.0 Å². The molecular formula is C22H29F2N5O2. The molecule has 0 amide bonds. The van der Waals surface area contributed by atoms with Crippen molar-refractivity contribution in [3.63, 3.8) is 0 Å². The minimum Gasteiger partial charge on any atom is -0.431 e. The van der Waals surface area contributed by atoms with E-state index in [9.17, 15) is 8.78 Å². The summed E-state index contributed by atoms with van der Waals surface area (Å²) in [5.41, 5.74) is 8.26. The lowest BCUT2D eigenvalue weighted by molar-refractivity contribution is -0.0494. The number of fused-ring (bicyclic) bond motifs is 1. The van der Waals surface area contributed by atoms with E-state index in [4.69, 9.17) is 15.6 Å². The van der Waals surface area contributed by atoms with E-state index in [-0.39, 0.29) is 17.6 Å². The van der Waals surface area contributed by atoms with E-state index in [1.54, 1.807) is 6.20 Å². The molecule has 1 saturated heterocycles. The maximum atomic E-state index is 12.7. The van der Waals surface area contributed by atoms with Gasteiger partial charge in [-0.1, -0.05) is 0 Å². The number of hydrogen-bond acceptors (Lipinski definition) is 6. The summed E-state index contributed by atoms with van der Waals surface area (Å²) in [6, 6.07) is 4.46. The third kappa shape index (κ3) is 3.89. The number of anilines is 1. The molecule has 2 saturated carbocycles. The van der Waals surface area contributed by atoms with Gasteiger partial charge in [0.2, 0.25) is 0 Å². The number of nitrogens with zero attached hydrogens (tertiary/aromatic N) is 4. The first kappa shape index (κ1) is 20.6. The molecule has 2 N–H and O–H groups in total. The number of hydrogen-bond donors (Lipinski definition) is 1. The number of aromatic nitrogens is 3. The molecular weight excluding hydrogens is 404 g/mol. The van der Waals surface area contributed by atoms with Crippen molar-refractivity contribution in [1.29, 1.82) is 0 Å². The van der Waals surface area contributed by atoms with Gasteiger partial charge in [0.15, 0.2) is 11.6 Å². The van der Waals surface area contributed by atoms with Gasteiger partial charge in [0.05, 0.1) is 18.9 Å². The van der Waals surface area contributed by atoms with Gasteiger partial charge in [0, 0.05) is 48.5 Å². The zero-order chi connectivity index (χ0) is 21.7. The van der Waals surface area contributed by atoms with Crippen molar-refractivity contribution in [2.24, 2.45) is 11.8 Å². The predicted molar refractivity (Wildman–Crippen MR) is 112 cm³/mol. The summed E-state index contributed by atoms with van der Waals surface area (Å²) in [5, 5.41) is 4.79. The minimum atomic E-state index is -2.95. The van der Waals surface area contributed by atoms with Crippen molar-refractivity contribution in [1.82, 2.24) is 19.7 Å². The van der Waals surface area contributed by atoms with E-state index < -0.39 is 6.61 Å². The van der Waals surface area contributed by atoms with E-state index in [1.165, 1.54) is 24.6 Å². The fraction of sp³-hybridized carbons (Fsp3) is 0.636. The molecule has 0 bridgehead atoms. The summed E-state index contributed by atoms with van der Waals surface area (Å²) < 4.78 is 37.5. The monoisotopic (exact) mass is 433 g/mol. The van der Waals surface area contributed by atoms with Gasteiger partial charge in [0.1, 0.15) is 0 Å². The molecule has 0 spiro atoms. The highest BCUT2D eigenvalue weighted by Gasteiger charge is 2.58. The Kier molecular flexibility index (Phi) is 5.34. The van der Waals surface area contributed by atoms with Crippen LogP contribution in [0.3, 0.4) is 0 Å². The van der Waals surface area contributed by atoms with Gasteiger partial charge in [-0.2, -0.15) is 13.9 Å². The summed E-state index contributed by atoms with van der Waals surface area (Å²) >= 11 is 0. The van der Waals surface area contributed by atoms with Gasteiger partial charge in [-0.05, 0) is 50.7 Å². The average Bonchev–Trinajstić information content (AvgIpc) is 3.10. The second kappa shape index (κ2) is 8.02. The molecule has 168 valence electrons. The Morgan fingerprint density at radius 2 is 1.87 bits per heavy atom. The first-order valence-corrected chi connectivity index (χ1v) is 11.0. The number of rotatable bonds is 6. The maximum Gasteiger partial charge on any atom is 0.387 e. The molecule has 2 aromatic rings. The van der Waals surface area contributed by atoms with Crippen LogP contribution in [0, 0.1) is 11.8 Å². The number of nitrogen functional groups attached to an aromatic ring is 1. The molecule has 3 fully saturated rings. The van der Waals surface area contributed by atoms with Crippen LogP contribution in [0.1, 0.15) is 44.3 Å². The largest absolute Gasteiger partial charge is 0.431 e. The fourth-order valence-electron chi connectivity index (χ4n) is 5.49. The highest BCUT2D eigenvalue weighted by molar-refractivity contribution is 5.64. The van der Waals surface area contributed by atoms with Gasteiger partial charge in [-0.25, -0.2) is 4.98 Å². The number of ether oxygens (including phenoxy) is 2. The van der Waals surface area contributed by atoms with E-state index in [2.05, 4.69) is 39.2 Å². The maximum absolute atomic E-state index is 12.7. The third-order valence-corrected chi connectivity index (χ3v) is 6.97. The summed E-state index contributed by atoms with van der Waals surface area (Å²) in [5.74, 6) is 1.72. The van der Waals surface area contributed by atoms with Crippen LogP contribution in [0.4, 0.5) is 14.6 Å². The van der Waals surface area contributed by atoms with E-state index in [1.807, 2.05) is 0 Å². The molecule has 1 aliphatic heterocycles. The van der Waals surface area contributed by atoms with E-state index in [0.29, 0.717) is 35.1 Å². The van der Waals surface area contributed by atoms with Gasteiger partial charge in [-0.3, -0.25) is 9.58 Å². The molecule has 4 atom stereocenters. The Hall–Kier alpha value is -2.26. The predicted octanol–water partition coefficient (Wildman–Crippen LogP) is 3.53. The molecule has 3 heterocycles. The van der Waals surface area contributed by atoms with Crippen LogP contribution in [0.5, 0.6) is 5.75 Å². The van der Waals surface area contributed by atoms with Crippen molar-refractivity contribution in [3.8, 4) is 17.0 Å².